The van der Waals surface area contributed by atoms with Crippen LogP contribution >= 0.6 is 0 Å². The molecule has 5 aliphatic rings. The molecule has 10 heteroatoms. The summed E-state index contributed by atoms with van der Waals surface area (Å²) in [4.78, 5) is 0. The number of ether oxygens (including phenoxy) is 2. The average molecular weight is 615 g/mol. The lowest BCUT2D eigenvalue weighted by atomic mass is 9.55. The van der Waals surface area contributed by atoms with E-state index in [-0.39, 0.29) is 11.7 Å². The van der Waals surface area contributed by atoms with E-state index < -0.39 is 74.9 Å². The molecule has 1 fully saturated rings. The van der Waals surface area contributed by atoms with Crippen LogP contribution in [0.2, 0.25) is 0 Å². The Labute approximate surface area is 246 Å². The Balaban J connectivity index is 1.43. The molecule has 3 aromatic carbocycles. The third-order valence-electron chi connectivity index (χ3n) is 8.87. The topological polar surface area (TPSA) is 18.5 Å². The predicted octanol–water partition coefficient (Wildman–Crippen LogP) is 10.1. The van der Waals surface area contributed by atoms with Gasteiger partial charge in [-0.15, -0.1) is 0 Å². The summed E-state index contributed by atoms with van der Waals surface area (Å²) in [6, 6.07) is 2.89. The molecule has 2 nitrogen and oxygen atoms in total. The second-order valence-electron chi connectivity index (χ2n) is 11.1. The highest BCUT2D eigenvalue weighted by Crippen LogP contribution is 2.65. The van der Waals surface area contributed by atoms with Crippen molar-refractivity contribution in [1.29, 1.82) is 0 Å². The van der Waals surface area contributed by atoms with Gasteiger partial charge in [-0.2, -0.15) is 8.78 Å². The lowest BCUT2D eigenvalue weighted by Gasteiger charge is -2.48. The quantitative estimate of drug-likeness (QED) is 0.215. The van der Waals surface area contributed by atoms with Crippen molar-refractivity contribution in [2.24, 2.45) is 0 Å². The molecule has 1 saturated carbocycles. The van der Waals surface area contributed by atoms with Gasteiger partial charge in [-0.1, -0.05) is 24.3 Å². The maximum absolute atomic E-state index is 15.5. The summed E-state index contributed by atoms with van der Waals surface area (Å²) in [5, 5.41) is 0. The summed E-state index contributed by atoms with van der Waals surface area (Å²) >= 11 is 0. The zero-order chi connectivity index (χ0) is 31.2. The van der Waals surface area contributed by atoms with Crippen LogP contribution in [0.3, 0.4) is 0 Å². The highest BCUT2D eigenvalue weighted by Gasteiger charge is 2.49. The first-order chi connectivity index (χ1) is 21.1. The Morgan fingerprint density at radius 3 is 1.30 bits per heavy atom. The standard InChI is InChI=1S/C34H22F8O2/c1-13-26(35)28(37)24(29(38)27(13)36)25-30(39)32(41)34(33(42)31(25)40)44-19-12-11-18(43-2)22-20-14-7-3-5-9-16(14)21(23(19)22)17-10-6-4-8-15(17)20/h7-12,20-21H,3-6H2,1-2H3. The Bertz CT molecular complexity index is 1840. The first-order valence-corrected chi connectivity index (χ1v) is 14.0. The van der Waals surface area contributed by atoms with Crippen LogP contribution in [0, 0.1) is 53.5 Å². The molecule has 0 saturated heterocycles. The van der Waals surface area contributed by atoms with Crippen LogP contribution in [-0.2, 0) is 0 Å². The van der Waals surface area contributed by atoms with E-state index in [1.165, 1.54) is 19.2 Å². The fourth-order valence-electron chi connectivity index (χ4n) is 6.97. The molecular weight excluding hydrogens is 592 g/mol. The number of hydrogen-bond acceptors (Lipinski definition) is 2. The van der Waals surface area contributed by atoms with Crippen molar-refractivity contribution in [2.75, 3.05) is 7.11 Å². The molecule has 0 N–H and O–H groups in total. The number of hydrogen-bond donors (Lipinski definition) is 0. The molecule has 2 bridgehead atoms. The van der Waals surface area contributed by atoms with Crippen LogP contribution in [0.25, 0.3) is 11.1 Å². The highest BCUT2D eigenvalue weighted by molar-refractivity contribution is 5.78. The Kier molecular flexibility index (Phi) is 6.53. The number of allylic oxidation sites excluding steroid dienone is 8. The zero-order valence-electron chi connectivity index (χ0n) is 23.3. The second kappa shape index (κ2) is 10.1. The molecule has 0 spiro atoms. The molecular formula is C34H22F8O2. The van der Waals surface area contributed by atoms with Crippen molar-refractivity contribution in [2.45, 2.75) is 44.4 Å². The molecule has 0 amide bonds. The van der Waals surface area contributed by atoms with E-state index in [0.29, 0.717) is 23.8 Å². The van der Waals surface area contributed by atoms with Gasteiger partial charge in [-0.3, -0.25) is 0 Å². The maximum Gasteiger partial charge on any atom is 0.205 e. The van der Waals surface area contributed by atoms with Crippen molar-refractivity contribution in [3.05, 3.63) is 122 Å². The van der Waals surface area contributed by atoms with Crippen LogP contribution in [0.4, 0.5) is 35.1 Å². The van der Waals surface area contributed by atoms with Gasteiger partial charge in [0.2, 0.25) is 17.4 Å². The molecule has 44 heavy (non-hydrogen) atoms. The molecule has 0 heterocycles. The largest absolute Gasteiger partial charge is 0.496 e. The van der Waals surface area contributed by atoms with E-state index in [1.807, 2.05) is 0 Å². The average Bonchev–Trinajstić information content (AvgIpc) is 3.05. The summed E-state index contributed by atoms with van der Waals surface area (Å²) in [6.07, 6.45) is 11.7. The van der Waals surface area contributed by atoms with Gasteiger partial charge in [0.1, 0.15) is 11.5 Å². The van der Waals surface area contributed by atoms with E-state index in [0.717, 1.165) is 48.0 Å². The highest BCUT2D eigenvalue weighted by atomic mass is 19.2. The van der Waals surface area contributed by atoms with Crippen molar-refractivity contribution >= 4 is 0 Å². The first-order valence-electron chi connectivity index (χ1n) is 14.0. The summed E-state index contributed by atoms with van der Waals surface area (Å²) in [5.41, 5.74) is 0.412. The number of methoxy groups -OCH3 is 1. The van der Waals surface area contributed by atoms with Gasteiger partial charge >= 0.3 is 0 Å². The molecule has 0 aromatic heterocycles. The van der Waals surface area contributed by atoms with Crippen LogP contribution < -0.4 is 9.47 Å². The van der Waals surface area contributed by atoms with E-state index in [4.69, 9.17) is 9.47 Å². The lowest BCUT2D eigenvalue weighted by molar-refractivity contribution is 0.360. The van der Waals surface area contributed by atoms with E-state index in [1.54, 1.807) is 0 Å². The third kappa shape index (κ3) is 3.72. The molecule has 8 rings (SSSR count). The summed E-state index contributed by atoms with van der Waals surface area (Å²) in [5.74, 6) is -19.0. The van der Waals surface area contributed by atoms with Gasteiger partial charge in [0, 0.05) is 28.5 Å². The van der Waals surface area contributed by atoms with Crippen LogP contribution in [0.5, 0.6) is 17.2 Å². The summed E-state index contributed by atoms with van der Waals surface area (Å²) in [6.45, 7) is 0.692. The van der Waals surface area contributed by atoms with Gasteiger partial charge in [-0.25, -0.2) is 26.3 Å². The van der Waals surface area contributed by atoms with E-state index >= 15 is 17.6 Å². The minimum absolute atomic E-state index is 0.110. The Hall–Kier alpha value is -4.34. The monoisotopic (exact) mass is 614 g/mol. The molecule has 5 aliphatic carbocycles. The second-order valence-corrected chi connectivity index (χ2v) is 11.1. The summed E-state index contributed by atoms with van der Waals surface area (Å²) in [7, 11) is 1.48. The van der Waals surface area contributed by atoms with Gasteiger partial charge in [-0.05, 0) is 67.0 Å². The number of rotatable bonds is 4. The van der Waals surface area contributed by atoms with Gasteiger partial charge in [0.25, 0.3) is 0 Å². The SMILES string of the molecule is COc1ccc(Oc2c(F)c(F)c(-c3c(F)c(F)c(C)c(F)c3F)c(F)c2F)c2c1C1C3=CCCC=C3C2C2=CCCC=C21. The lowest BCUT2D eigenvalue weighted by Crippen LogP contribution is -2.33. The fourth-order valence-corrected chi connectivity index (χ4v) is 6.97. The van der Waals surface area contributed by atoms with Crippen molar-refractivity contribution in [1.82, 2.24) is 0 Å². The Morgan fingerprint density at radius 2 is 0.886 bits per heavy atom. The van der Waals surface area contributed by atoms with Crippen LogP contribution in [0.15, 0.2) is 58.7 Å². The number of halogens is 8. The van der Waals surface area contributed by atoms with E-state index in [9.17, 15) is 17.6 Å². The minimum Gasteiger partial charge on any atom is -0.496 e. The van der Waals surface area contributed by atoms with Gasteiger partial charge < -0.3 is 9.47 Å². The van der Waals surface area contributed by atoms with Crippen molar-refractivity contribution in [3.8, 4) is 28.4 Å². The smallest absolute Gasteiger partial charge is 0.205 e. The minimum atomic E-state index is -2.29. The van der Waals surface area contributed by atoms with E-state index in [2.05, 4.69) is 24.3 Å². The predicted molar refractivity (Wildman–Crippen MR) is 146 cm³/mol. The molecule has 0 atom stereocenters. The summed E-state index contributed by atoms with van der Waals surface area (Å²) < 4.78 is 131. The maximum atomic E-state index is 15.5. The van der Waals surface area contributed by atoms with Gasteiger partial charge in [0.05, 0.1) is 18.2 Å². The normalized spacial score (nSPS) is 19.8. The third-order valence-corrected chi connectivity index (χ3v) is 8.87. The van der Waals surface area contributed by atoms with Crippen molar-refractivity contribution in [3.63, 3.8) is 0 Å². The Morgan fingerprint density at radius 1 is 0.523 bits per heavy atom. The van der Waals surface area contributed by atoms with Gasteiger partial charge in [0.15, 0.2) is 34.9 Å². The molecule has 0 unspecified atom stereocenters. The molecule has 3 aromatic rings. The number of benzene rings is 3. The zero-order valence-corrected chi connectivity index (χ0v) is 23.3. The van der Waals surface area contributed by atoms with Crippen LogP contribution in [0.1, 0.15) is 54.2 Å². The fraction of sp³-hybridized carbons (Fsp3) is 0.235. The van der Waals surface area contributed by atoms with Crippen LogP contribution in [-0.4, -0.2) is 7.11 Å². The molecule has 0 aliphatic heterocycles. The van der Waals surface area contributed by atoms with Crippen molar-refractivity contribution < 1.29 is 44.6 Å². The molecule has 226 valence electrons. The molecule has 0 radical (unpaired) electrons. The first kappa shape index (κ1) is 28.4.